The molecule has 2 N–H and O–H groups in total. The second-order valence-electron chi connectivity index (χ2n) is 4.97. The smallest absolute Gasteiger partial charge is 0.303 e. The van der Waals surface area contributed by atoms with Gasteiger partial charge in [0, 0.05) is 18.7 Å². The molecule has 1 rings (SSSR count). The zero-order chi connectivity index (χ0) is 13.5. The molecule has 0 saturated carbocycles. The fourth-order valence-electron chi connectivity index (χ4n) is 2.03. The number of hydrogen-bond donors (Lipinski definition) is 2. The van der Waals surface area contributed by atoms with E-state index in [-0.39, 0.29) is 6.42 Å². The summed E-state index contributed by atoms with van der Waals surface area (Å²) in [6, 6.07) is 6.34. The zero-order valence-corrected chi connectivity index (χ0v) is 11.5. The Labute approximate surface area is 109 Å². The summed E-state index contributed by atoms with van der Waals surface area (Å²) in [4.78, 5) is 10.4. The highest BCUT2D eigenvalue weighted by Gasteiger charge is 2.08. The number of hydrogen-bond acceptors (Lipinski definition) is 2. The van der Waals surface area contributed by atoms with Crippen LogP contribution in [0.3, 0.4) is 0 Å². The second-order valence-corrected chi connectivity index (χ2v) is 4.97. The third-order valence-electron chi connectivity index (χ3n) is 3.05. The van der Waals surface area contributed by atoms with Crippen LogP contribution in [0.15, 0.2) is 18.2 Å². The molecule has 0 aliphatic carbocycles. The van der Waals surface area contributed by atoms with Crippen molar-refractivity contribution < 1.29 is 9.90 Å². The minimum atomic E-state index is -0.714. The summed E-state index contributed by atoms with van der Waals surface area (Å²) >= 11 is 0. The van der Waals surface area contributed by atoms with Gasteiger partial charge in [-0.05, 0) is 36.8 Å². The average Bonchev–Trinajstić information content (AvgIpc) is 2.29. The Bertz CT molecular complexity index is 399. The fraction of sp³-hybridized carbons (Fsp3) is 0.533. The van der Waals surface area contributed by atoms with E-state index >= 15 is 0 Å². The normalized spacial score (nSPS) is 10.7. The molecule has 1 aromatic rings. The summed E-state index contributed by atoms with van der Waals surface area (Å²) in [5.74, 6) is -0.222. The molecule has 0 fully saturated rings. The highest BCUT2D eigenvalue weighted by molar-refractivity contribution is 5.66. The van der Waals surface area contributed by atoms with Crippen molar-refractivity contribution in [2.45, 2.75) is 46.0 Å². The number of aliphatic carboxylic acids is 1. The van der Waals surface area contributed by atoms with Crippen molar-refractivity contribution in [2.24, 2.45) is 0 Å². The molecule has 0 radical (unpaired) electrons. The Morgan fingerprint density at radius 3 is 2.67 bits per heavy atom. The van der Waals surface area contributed by atoms with E-state index in [0.717, 1.165) is 19.4 Å². The molecule has 0 spiro atoms. The van der Waals surface area contributed by atoms with Crippen LogP contribution in [0.2, 0.25) is 0 Å². The van der Waals surface area contributed by atoms with Gasteiger partial charge < -0.3 is 10.4 Å². The highest BCUT2D eigenvalue weighted by atomic mass is 16.4. The molecule has 0 aliphatic heterocycles. The van der Waals surface area contributed by atoms with Gasteiger partial charge in [0.05, 0.1) is 0 Å². The quantitative estimate of drug-likeness (QED) is 0.723. The molecule has 3 nitrogen and oxygen atoms in total. The number of carboxylic acids is 1. The molecule has 18 heavy (non-hydrogen) atoms. The lowest BCUT2D eigenvalue weighted by molar-refractivity contribution is -0.137. The number of carbonyl (C=O) groups is 1. The molecule has 0 saturated heterocycles. The van der Waals surface area contributed by atoms with Gasteiger partial charge in [0.25, 0.3) is 0 Å². The molecule has 100 valence electrons. The van der Waals surface area contributed by atoms with Crippen LogP contribution in [0.5, 0.6) is 0 Å². The van der Waals surface area contributed by atoms with Gasteiger partial charge >= 0.3 is 5.97 Å². The van der Waals surface area contributed by atoms with Gasteiger partial charge in [0.1, 0.15) is 0 Å². The molecule has 1 aromatic carbocycles. The molecule has 0 atom stereocenters. The van der Waals surface area contributed by atoms with Gasteiger partial charge in [0.15, 0.2) is 0 Å². The lowest BCUT2D eigenvalue weighted by atomic mass is 9.98. The van der Waals surface area contributed by atoms with Gasteiger partial charge in [-0.15, -0.1) is 0 Å². The lowest BCUT2D eigenvalue weighted by Gasteiger charge is -2.17. The van der Waals surface area contributed by atoms with Crippen molar-refractivity contribution in [3.8, 4) is 0 Å². The molecule has 0 heterocycles. The van der Waals surface area contributed by atoms with Crippen molar-refractivity contribution in [3.05, 3.63) is 29.3 Å². The van der Waals surface area contributed by atoms with E-state index in [0.29, 0.717) is 5.92 Å². The van der Waals surface area contributed by atoms with Crippen molar-refractivity contribution in [2.75, 3.05) is 11.9 Å². The number of rotatable bonds is 7. The van der Waals surface area contributed by atoms with E-state index in [1.165, 1.54) is 16.8 Å². The number of aryl methyl sites for hydroxylation is 1. The minimum Gasteiger partial charge on any atom is -0.481 e. The summed E-state index contributed by atoms with van der Waals surface area (Å²) in [6.07, 6.45) is 1.87. The monoisotopic (exact) mass is 249 g/mol. The Morgan fingerprint density at radius 2 is 2.06 bits per heavy atom. The van der Waals surface area contributed by atoms with Crippen LogP contribution in [0.4, 0.5) is 5.69 Å². The van der Waals surface area contributed by atoms with Crippen LogP contribution in [-0.2, 0) is 4.79 Å². The Morgan fingerprint density at radius 1 is 1.33 bits per heavy atom. The molecule has 0 aliphatic rings. The number of benzene rings is 1. The summed E-state index contributed by atoms with van der Waals surface area (Å²) < 4.78 is 0. The topological polar surface area (TPSA) is 49.3 Å². The van der Waals surface area contributed by atoms with E-state index in [1.54, 1.807) is 0 Å². The summed E-state index contributed by atoms with van der Waals surface area (Å²) in [7, 11) is 0. The molecular weight excluding hydrogens is 226 g/mol. The lowest BCUT2D eigenvalue weighted by Crippen LogP contribution is -2.07. The Balaban J connectivity index is 2.53. The van der Waals surface area contributed by atoms with Crippen LogP contribution in [-0.4, -0.2) is 17.6 Å². The van der Waals surface area contributed by atoms with Gasteiger partial charge in [-0.25, -0.2) is 0 Å². The Kier molecular flexibility index (Phi) is 5.69. The van der Waals surface area contributed by atoms with Crippen molar-refractivity contribution >= 4 is 11.7 Å². The molecule has 0 amide bonds. The number of unbranched alkanes of at least 4 members (excludes halogenated alkanes) is 1. The van der Waals surface area contributed by atoms with E-state index in [2.05, 4.69) is 44.3 Å². The first-order valence-corrected chi connectivity index (χ1v) is 6.57. The van der Waals surface area contributed by atoms with Crippen molar-refractivity contribution in [1.29, 1.82) is 0 Å². The SMILES string of the molecule is Cc1cccc(C(C)C)c1NCCCCC(=O)O. The maximum Gasteiger partial charge on any atom is 0.303 e. The minimum absolute atomic E-state index is 0.256. The maximum absolute atomic E-state index is 10.4. The number of nitrogens with one attached hydrogen (secondary N) is 1. The summed E-state index contributed by atoms with van der Waals surface area (Å²) in [5, 5.41) is 12.0. The van der Waals surface area contributed by atoms with Gasteiger partial charge in [-0.2, -0.15) is 0 Å². The van der Waals surface area contributed by atoms with Gasteiger partial charge in [-0.3, -0.25) is 4.79 Å². The predicted molar refractivity (Wildman–Crippen MR) is 75.2 cm³/mol. The third-order valence-corrected chi connectivity index (χ3v) is 3.05. The largest absolute Gasteiger partial charge is 0.481 e. The first kappa shape index (κ1) is 14.6. The first-order valence-electron chi connectivity index (χ1n) is 6.57. The van der Waals surface area contributed by atoms with Crippen molar-refractivity contribution in [1.82, 2.24) is 0 Å². The van der Waals surface area contributed by atoms with Crippen LogP contribution >= 0.6 is 0 Å². The first-order chi connectivity index (χ1) is 8.52. The molecular formula is C15H23NO2. The number of carboxylic acid groups (broad SMARTS) is 1. The standard InChI is InChI=1S/C15H23NO2/c1-11(2)13-8-6-7-12(3)15(13)16-10-5-4-9-14(17)18/h6-8,11,16H,4-5,9-10H2,1-3H3,(H,17,18). The van der Waals surface area contributed by atoms with Crippen LogP contribution in [0.25, 0.3) is 0 Å². The van der Waals surface area contributed by atoms with E-state index < -0.39 is 5.97 Å². The number of para-hydroxylation sites is 1. The molecule has 0 aromatic heterocycles. The third kappa shape index (κ3) is 4.40. The van der Waals surface area contributed by atoms with Crippen LogP contribution in [0.1, 0.15) is 50.2 Å². The molecule has 0 bridgehead atoms. The Hall–Kier alpha value is -1.51. The van der Waals surface area contributed by atoms with Crippen molar-refractivity contribution in [3.63, 3.8) is 0 Å². The van der Waals surface area contributed by atoms with Crippen LogP contribution in [0, 0.1) is 6.92 Å². The molecule has 0 unspecified atom stereocenters. The zero-order valence-electron chi connectivity index (χ0n) is 11.5. The summed E-state index contributed by atoms with van der Waals surface area (Å²) in [6.45, 7) is 7.30. The number of anilines is 1. The van der Waals surface area contributed by atoms with Gasteiger partial charge in [-0.1, -0.05) is 32.0 Å². The van der Waals surface area contributed by atoms with Crippen LogP contribution < -0.4 is 5.32 Å². The second kappa shape index (κ2) is 7.04. The van der Waals surface area contributed by atoms with E-state index in [9.17, 15) is 4.79 Å². The maximum atomic E-state index is 10.4. The highest BCUT2D eigenvalue weighted by Crippen LogP contribution is 2.27. The predicted octanol–water partition coefficient (Wildman–Crippen LogP) is 3.79. The van der Waals surface area contributed by atoms with Gasteiger partial charge in [0.2, 0.25) is 0 Å². The molecule has 3 heteroatoms. The average molecular weight is 249 g/mol. The van der Waals surface area contributed by atoms with E-state index in [4.69, 9.17) is 5.11 Å². The summed E-state index contributed by atoms with van der Waals surface area (Å²) in [5.41, 5.74) is 3.79. The van der Waals surface area contributed by atoms with E-state index in [1.807, 2.05) is 0 Å². The fourth-order valence-corrected chi connectivity index (χ4v) is 2.03.